The first kappa shape index (κ1) is 15.9. The second-order valence-corrected chi connectivity index (χ2v) is 5.15. The Kier molecular flexibility index (Phi) is 6.10. The zero-order valence-electron chi connectivity index (χ0n) is 11.8. The van der Waals surface area contributed by atoms with Gasteiger partial charge in [-0.25, -0.2) is 4.39 Å². The van der Waals surface area contributed by atoms with E-state index in [0.29, 0.717) is 12.1 Å². The summed E-state index contributed by atoms with van der Waals surface area (Å²) in [5, 5.41) is 15.6. The number of hydrogen-bond acceptors (Lipinski definition) is 4. The van der Waals surface area contributed by atoms with E-state index < -0.39 is 6.10 Å². The summed E-state index contributed by atoms with van der Waals surface area (Å²) in [5.74, 6) is -0.343. The topological polar surface area (TPSA) is 70.6 Å². The van der Waals surface area contributed by atoms with Crippen molar-refractivity contribution < 1.29 is 19.0 Å². The van der Waals surface area contributed by atoms with Crippen LogP contribution in [0.2, 0.25) is 0 Å². The molecule has 1 aromatic carbocycles. The first-order valence-electron chi connectivity index (χ1n) is 7.17. The predicted octanol–water partition coefficient (Wildman–Crippen LogP) is 0.571. The Labute approximate surface area is 123 Å². The van der Waals surface area contributed by atoms with Crippen LogP contribution in [0.5, 0.6) is 0 Å². The van der Waals surface area contributed by atoms with E-state index in [4.69, 9.17) is 4.74 Å². The fourth-order valence-electron chi connectivity index (χ4n) is 2.22. The van der Waals surface area contributed by atoms with Crippen molar-refractivity contribution in [3.8, 4) is 0 Å². The Balaban J connectivity index is 1.64. The fraction of sp³-hybridized carbons (Fsp3) is 0.533. The molecule has 3 N–H and O–H groups in total. The van der Waals surface area contributed by atoms with Crippen LogP contribution in [0.15, 0.2) is 24.3 Å². The summed E-state index contributed by atoms with van der Waals surface area (Å²) in [6.07, 6.45) is 0.976. The maximum absolute atomic E-state index is 13.3. The maximum atomic E-state index is 13.3. The quantitative estimate of drug-likeness (QED) is 0.688. The van der Waals surface area contributed by atoms with Gasteiger partial charge in [-0.05, 0) is 18.9 Å². The number of benzene rings is 1. The smallest absolute Gasteiger partial charge is 0.237 e. The highest BCUT2D eigenvalue weighted by atomic mass is 19.1. The molecule has 1 saturated heterocycles. The predicted molar refractivity (Wildman–Crippen MR) is 76.1 cm³/mol. The van der Waals surface area contributed by atoms with E-state index in [0.717, 1.165) is 12.8 Å². The zero-order valence-corrected chi connectivity index (χ0v) is 11.8. The van der Waals surface area contributed by atoms with Gasteiger partial charge in [0, 0.05) is 18.7 Å². The van der Waals surface area contributed by atoms with Crippen LogP contribution in [0, 0.1) is 5.82 Å². The standard InChI is InChI=1S/C15H21FN2O3/c16-13-5-2-1-4-11(13)9-21-10-12(19)8-18-14-6-3-7-17-15(14)20/h1-2,4-5,12,14,18-19H,3,6-10H2,(H,17,20). The molecule has 0 saturated carbocycles. The molecule has 6 heteroatoms. The first-order chi connectivity index (χ1) is 10.2. The molecule has 1 aliphatic heterocycles. The van der Waals surface area contributed by atoms with E-state index in [-0.39, 0.29) is 37.5 Å². The average Bonchev–Trinajstić information content (AvgIpc) is 2.48. The number of nitrogens with one attached hydrogen (secondary N) is 2. The van der Waals surface area contributed by atoms with Crippen molar-refractivity contribution in [2.24, 2.45) is 0 Å². The minimum absolute atomic E-state index is 0.0271. The van der Waals surface area contributed by atoms with Gasteiger partial charge in [0.15, 0.2) is 0 Å². The van der Waals surface area contributed by atoms with Crippen molar-refractivity contribution in [3.63, 3.8) is 0 Å². The molecule has 1 aromatic rings. The molecule has 2 atom stereocenters. The van der Waals surface area contributed by atoms with Gasteiger partial charge in [0.2, 0.25) is 5.91 Å². The summed E-state index contributed by atoms with van der Waals surface area (Å²) < 4.78 is 18.6. The van der Waals surface area contributed by atoms with Gasteiger partial charge in [-0.2, -0.15) is 0 Å². The molecule has 1 amide bonds. The summed E-state index contributed by atoms with van der Waals surface area (Å²) in [4.78, 5) is 11.5. The molecular formula is C15H21FN2O3. The van der Waals surface area contributed by atoms with Crippen LogP contribution < -0.4 is 10.6 Å². The van der Waals surface area contributed by atoms with Crippen LogP contribution >= 0.6 is 0 Å². The van der Waals surface area contributed by atoms with Crippen molar-refractivity contribution in [1.82, 2.24) is 10.6 Å². The van der Waals surface area contributed by atoms with Crippen molar-refractivity contribution >= 4 is 5.91 Å². The summed E-state index contributed by atoms with van der Waals surface area (Å²) >= 11 is 0. The first-order valence-corrected chi connectivity index (χ1v) is 7.17. The number of carbonyl (C=O) groups is 1. The highest BCUT2D eigenvalue weighted by Crippen LogP contribution is 2.08. The van der Waals surface area contributed by atoms with Crippen LogP contribution in [0.1, 0.15) is 18.4 Å². The summed E-state index contributed by atoms with van der Waals surface area (Å²) in [6, 6.07) is 6.12. The van der Waals surface area contributed by atoms with Gasteiger partial charge in [-0.1, -0.05) is 18.2 Å². The number of rotatable bonds is 7. The molecule has 0 spiro atoms. The lowest BCUT2D eigenvalue weighted by atomic mass is 10.1. The van der Waals surface area contributed by atoms with Gasteiger partial charge in [0.1, 0.15) is 5.82 Å². The fourth-order valence-corrected chi connectivity index (χ4v) is 2.22. The number of amides is 1. The van der Waals surface area contributed by atoms with E-state index in [1.807, 2.05) is 0 Å². The number of ether oxygens (including phenoxy) is 1. The molecule has 0 aromatic heterocycles. The average molecular weight is 296 g/mol. The van der Waals surface area contributed by atoms with E-state index in [9.17, 15) is 14.3 Å². The molecule has 21 heavy (non-hydrogen) atoms. The SMILES string of the molecule is O=C1NCCCC1NCC(O)COCc1ccccc1F. The summed E-state index contributed by atoms with van der Waals surface area (Å²) in [6.45, 7) is 1.20. The van der Waals surface area contributed by atoms with E-state index >= 15 is 0 Å². The highest BCUT2D eigenvalue weighted by molar-refractivity contribution is 5.82. The van der Waals surface area contributed by atoms with Crippen LogP contribution in [0.25, 0.3) is 0 Å². The number of aliphatic hydroxyl groups excluding tert-OH is 1. The lowest BCUT2D eigenvalue weighted by Gasteiger charge is -2.24. The maximum Gasteiger partial charge on any atom is 0.237 e. The van der Waals surface area contributed by atoms with Gasteiger partial charge >= 0.3 is 0 Å². The van der Waals surface area contributed by atoms with Crippen molar-refractivity contribution in [2.45, 2.75) is 31.6 Å². The lowest BCUT2D eigenvalue weighted by molar-refractivity contribution is -0.124. The molecule has 0 aliphatic carbocycles. The van der Waals surface area contributed by atoms with Gasteiger partial charge in [0.05, 0.1) is 25.4 Å². The number of piperidine rings is 1. The molecule has 0 bridgehead atoms. The molecule has 1 heterocycles. The Hall–Kier alpha value is -1.50. The minimum atomic E-state index is -0.730. The van der Waals surface area contributed by atoms with E-state index in [2.05, 4.69) is 10.6 Å². The third-order valence-electron chi connectivity index (χ3n) is 3.41. The molecular weight excluding hydrogens is 275 g/mol. The zero-order chi connectivity index (χ0) is 15.1. The third kappa shape index (κ3) is 5.08. The van der Waals surface area contributed by atoms with Crippen LogP contribution in [-0.4, -0.2) is 42.9 Å². The van der Waals surface area contributed by atoms with Crippen molar-refractivity contribution in [2.75, 3.05) is 19.7 Å². The highest BCUT2D eigenvalue weighted by Gasteiger charge is 2.21. The van der Waals surface area contributed by atoms with Crippen LogP contribution in [0.4, 0.5) is 4.39 Å². The number of aliphatic hydroxyl groups is 1. The molecule has 1 fully saturated rings. The minimum Gasteiger partial charge on any atom is -0.389 e. The Morgan fingerprint density at radius 3 is 3.05 bits per heavy atom. The number of hydrogen-bond donors (Lipinski definition) is 3. The Morgan fingerprint density at radius 2 is 2.29 bits per heavy atom. The van der Waals surface area contributed by atoms with E-state index in [1.54, 1.807) is 18.2 Å². The van der Waals surface area contributed by atoms with Crippen molar-refractivity contribution in [3.05, 3.63) is 35.6 Å². The second-order valence-electron chi connectivity index (χ2n) is 5.15. The number of halogens is 1. The largest absolute Gasteiger partial charge is 0.389 e. The third-order valence-corrected chi connectivity index (χ3v) is 3.41. The molecule has 116 valence electrons. The van der Waals surface area contributed by atoms with Gasteiger partial charge in [-0.3, -0.25) is 4.79 Å². The normalized spacial score (nSPS) is 20.1. The van der Waals surface area contributed by atoms with Crippen molar-refractivity contribution in [1.29, 1.82) is 0 Å². The molecule has 2 rings (SSSR count). The second kappa shape index (κ2) is 8.07. The molecule has 2 unspecified atom stereocenters. The van der Waals surface area contributed by atoms with Gasteiger partial charge < -0.3 is 20.5 Å². The van der Waals surface area contributed by atoms with Gasteiger partial charge in [-0.15, -0.1) is 0 Å². The summed E-state index contributed by atoms with van der Waals surface area (Å²) in [5.41, 5.74) is 0.462. The van der Waals surface area contributed by atoms with Crippen LogP contribution in [-0.2, 0) is 16.1 Å². The number of carbonyl (C=O) groups excluding carboxylic acids is 1. The Morgan fingerprint density at radius 1 is 1.48 bits per heavy atom. The molecule has 1 aliphatic rings. The van der Waals surface area contributed by atoms with Crippen LogP contribution in [0.3, 0.4) is 0 Å². The summed E-state index contributed by atoms with van der Waals surface area (Å²) in [7, 11) is 0. The van der Waals surface area contributed by atoms with Gasteiger partial charge in [0.25, 0.3) is 0 Å². The molecule has 5 nitrogen and oxygen atoms in total. The Bertz CT molecular complexity index is 470. The molecule has 0 radical (unpaired) electrons. The van der Waals surface area contributed by atoms with E-state index in [1.165, 1.54) is 6.07 Å². The monoisotopic (exact) mass is 296 g/mol. The lowest BCUT2D eigenvalue weighted by Crippen LogP contribution is -2.50.